The molecule has 1 aromatic rings. The molecule has 0 spiro atoms. The van der Waals surface area contributed by atoms with Crippen molar-refractivity contribution in [3.8, 4) is 0 Å². The lowest BCUT2D eigenvalue weighted by Gasteiger charge is -2.06. The molecule has 0 bridgehead atoms. The zero-order chi connectivity index (χ0) is 11.4. The van der Waals surface area contributed by atoms with Gasteiger partial charge in [-0.15, -0.1) is 0 Å². The van der Waals surface area contributed by atoms with Crippen molar-refractivity contribution in [3.05, 3.63) is 23.5 Å². The summed E-state index contributed by atoms with van der Waals surface area (Å²) in [6.07, 6.45) is -1.31. The van der Waals surface area contributed by atoms with E-state index in [0.29, 0.717) is 5.69 Å². The van der Waals surface area contributed by atoms with Gasteiger partial charge in [0.1, 0.15) is 0 Å². The monoisotopic (exact) mass is 215 g/mol. The Labute approximate surface area is 85.5 Å². The molecule has 0 saturated carbocycles. The number of alkyl halides is 2. The van der Waals surface area contributed by atoms with Crippen LogP contribution in [0, 0.1) is 6.92 Å². The number of nitrogen functional groups attached to an aromatic ring is 1. The molecule has 15 heavy (non-hydrogen) atoms. The van der Waals surface area contributed by atoms with Gasteiger partial charge in [-0.05, 0) is 13.0 Å². The van der Waals surface area contributed by atoms with E-state index < -0.39 is 18.9 Å². The lowest BCUT2D eigenvalue weighted by molar-refractivity contribution is 0.0892. The maximum Gasteiger partial charge on any atom is 0.255 e. The van der Waals surface area contributed by atoms with Crippen molar-refractivity contribution in [2.75, 3.05) is 12.3 Å². The summed E-state index contributed by atoms with van der Waals surface area (Å²) in [5.74, 6) is -0.639. The van der Waals surface area contributed by atoms with E-state index in [9.17, 15) is 13.6 Å². The average Bonchev–Trinajstić information content (AvgIpc) is 2.14. The van der Waals surface area contributed by atoms with E-state index in [-0.39, 0.29) is 11.3 Å². The van der Waals surface area contributed by atoms with Crippen LogP contribution in [-0.2, 0) is 0 Å². The van der Waals surface area contributed by atoms with E-state index in [1.54, 1.807) is 6.92 Å². The van der Waals surface area contributed by atoms with Crippen molar-refractivity contribution in [3.63, 3.8) is 0 Å². The molecule has 0 aromatic carbocycles. The Kier molecular flexibility index (Phi) is 3.54. The van der Waals surface area contributed by atoms with Crippen molar-refractivity contribution >= 4 is 11.6 Å². The number of hydrogen-bond acceptors (Lipinski definition) is 3. The Morgan fingerprint density at radius 1 is 1.67 bits per heavy atom. The number of nitrogens with zero attached hydrogens (tertiary/aromatic N) is 1. The number of pyridine rings is 1. The number of amides is 1. The predicted octanol–water partition coefficient (Wildman–Crippen LogP) is 0.967. The summed E-state index contributed by atoms with van der Waals surface area (Å²) < 4.78 is 23.6. The quantitative estimate of drug-likeness (QED) is 0.789. The van der Waals surface area contributed by atoms with Crippen LogP contribution >= 0.6 is 0 Å². The van der Waals surface area contributed by atoms with Crippen LogP contribution in [0.25, 0.3) is 0 Å². The van der Waals surface area contributed by atoms with Gasteiger partial charge in [-0.25, -0.2) is 8.78 Å². The molecule has 0 unspecified atom stereocenters. The first-order valence-corrected chi connectivity index (χ1v) is 4.29. The van der Waals surface area contributed by atoms with Gasteiger partial charge in [0.05, 0.1) is 12.1 Å². The molecular formula is C9H11F2N3O. The molecule has 6 heteroatoms. The van der Waals surface area contributed by atoms with Gasteiger partial charge < -0.3 is 11.1 Å². The van der Waals surface area contributed by atoms with Crippen LogP contribution in [0.1, 0.15) is 16.1 Å². The minimum absolute atomic E-state index is 0.112. The summed E-state index contributed by atoms with van der Waals surface area (Å²) in [7, 11) is 0. The van der Waals surface area contributed by atoms with Gasteiger partial charge in [-0.3, -0.25) is 9.78 Å². The number of carbonyl (C=O) groups is 1. The number of rotatable bonds is 3. The molecule has 0 fully saturated rings. The van der Waals surface area contributed by atoms with E-state index >= 15 is 0 Å². The smallest absolute Gasteiger partial charge is 0.255 e. The third-order valence-corrected chi connectivity index (χ3v) is 1.73. The van der Waals surface area contributed by atoms with Crippen LogP contribution in [0.2, 0.25) is 0 Å². The summed E-state index contributed by atoms with van der Waals surface area (Å²) in [6, 6.07) is 1.51. The van der Waals surface area contributed by atoms with Gasteiger partial charge >= 0.3 is 0 Å². The van der Waals surface area contributed by atoms with Gasteiger partial charge in [0.15, 0.2) is 0 Å². The number of hydrogen-bond donors (Lipinski definition) is 2. The summed E-state index contributed by atoms with van der Waals surface area (Å²) in [6.45, 7) is 1.03. The summed E-state index contributed by atoms with van der Waals surface area (Å²) in [4.78, 5) is 15.2. The van der Waals surface area contributed by atoms with Gasteiger partial charge in [0.2, 0.25) is 0 Å². The zero-order valence-electron chi connectivity index (χ0n) is 8.13. The van der Waals surface area contributed by atoms with E-state index in [1.807, 2.05) is 5.32 Å². The first-order chi connectivity index (χ1) is 7.00. The molecule has 1 heterocycles. The number of carbonyl (C=O) groups excluding carboxylic acids is 1. The lowest BCUT2D eigenvalue weighted by Crippen LogP contribution is -2.29. The second-order valence-corrected chi connectivity index (χ2v) is 3.01. The topological polar surface area (TPSA) is 68.0 Å². The second kappa shape index (κ2) is 4.68. The van der Waals surface area contributed by atoms with Gasteiger partial charge in [0.25, 0.3) is 12.3 Å². The Morgan fingerprint density at radius 3 is 2.87 bits per heavy atom. The van der Waals surface area contributed by atoms with Gasteiger partial charge in [0, 0.05) is 17.6 Å². The maximum absolute atomic E-state index is 11.8. The molecule has 1 rings (SSSR count). The van der Waals surface area contributed by atoms with Crippen LogP contribution in [-0.4, -0.2) is 23.9 Å². The molecule has 0 aliphatic carbocycles. The van der Waals surface area contributed by atoms with E-state index in [4.69, 9.17) is 5.73 Å². The Morgan fingerprint density at radius 2 is 2.33 bits per heavy atom. The fourth-order valence-electron chi connectivity index (χ4n) is 1.04. The molecule has 0 saturated heterocycles. The Balaban J connectivity index is 2.74. The van der Waals surface area contributed by atoms with Crippen LogP contribution in [0.4, 0.5) is 14.5 Å². The molecule has 3 N–H and O–H groups in total. The van der Waals surface area contributed by atoms with E-state index in [2.05, 4.69) is 4.98 Å². The highest BCUT2D eigenvalue weighted by molar-refractivity contribution is 5.98. The highest BCUT2D eigenvalue weighted by Crippen LogP contribution is 2.10. The SMILES string of the molecule is Cc1cc(N)c(C(=O)NCC(F)F)cn1. The van der Waals surface area contributed by atoms with Crippen molar-refractivity contribution in [2.24, 2.45) is 0 Å². The van der Waals surface area contributed by atoms with Crippen LogP contribution in [0.5, 0.6) is 0 Å². The third kappa shape index (κ3) is 3.16. The highest BCUT2D eigenvalue weighted by Gasteiger charge is 2.12. The maximum atomic E-state index is 11.8. The Hall–Kier alpha value is -1.72. The largest absolute Gasteiger partial charge is 0.398 e. The predicted molar refractivity (Wildman–Crippen MR) is 51.7 cm³/mol. The number of nitrogens with two attached hydrogens (primary N) is 1. The summed E-state index contributed by atoms with van der Waals surface area (Å²) in [5, 5.41) is 2.05. The average molecular weight is 215 g/mol. The van der Waals surface area contributed by atoms with Crippen molar-refractivity contribution in [1.82, 2.24) is 10.3 Å². The molecule has 0 aliphatic rings. The highest BCUT2D eigenvalue weighted by atomic mass is 19.3. The molecule has 0 atom stereocenters. The number of halogens is 2. The van der Waals surface area contributed by atoms with Crippen LogP contribution in [0.3, 0.4) is 0 Å². The van der Waals surface area contributed by atoms with E-state index in [1.165, 1.54) is 12.3 Å². The van der Waals surface area contributed by atoms with Crippen molar-refractivity contribution in [1.29, 1.82) is 0 Å². The van der Waals surface area contributed by atoms with Crippen LogP contribution in [0.15, 0.2) is 12.3 Å². The molecule has 1 aromatic heterocycles. The summed E-state index contributed by atoms with van der Waals surface area (Å²) in [5.41, 5.74) is 6.55. The number of aryl methyl sites for hydroxylation is 1. The standard InChI is InChI=1S/C9H11F2N3O/c1-5-2-7(12)6(3-13-5)9(15)14-4-8(10)11/h2-3,8H,4H2,1H3,(H2,12,13)(H,14,15). The third-order valence-electron chi connectivity index (χ3n) is 1.73. The minimum Gasteiger partial charge on any atom is -0.398 e. The minimum atomic E-state index is -2.58. The fourth-order valence-corrected chi connectivity index (χ4v) is 1.04. The lowest BCUT2D eigenvalue weighted by atomic mass is 10.2. The molecule has 1 amide bonds. The van der Waals surface area contributed by atoms with Crippen molar-refractivity contribution < 1.29 is 13.6 Å². The molecule has 0 radical (unpaired) electrons. The fraction of sp³-hybridized carbons (Fsp3) is 0.333. The first-order valence-electron chi connectivity index (χ1n) is 4.29. The van der Waals surface area contributed by atoms with Crippen molar-refractivity contribution in [2.45, 2.75) is 13.3 Å². The molecule has 4 nitrogen and oxygen atoms in total. The number of nitrogens with one attached hydrogen (secondary N) is 1. The van der Waals surface area contributed by atoms with Gasteiger partial charge in [-0.1, -0.05) is 0 Å². The number of anilines is 1. The first kappa shape index (κ1) is 11.4. The number of aromatic nitrogens is 1. The van der Waals surface area contributed by atoms with E-state index in [0.717, 1.165) is 0 Å². The molecule has 0 aliphatic heterocycles. The normalized spacial score (nSPS) is 10.4. The second-order valence-electron chi connectivity index (χ2n) is 3.01. The zero-order valence-corrected chi connectivity index (χ0v) is 8.13. The van der Waals surface area contributed by atoms with Crippen LogP contribution < -0.4 is 11.1 Å². The molecule has 82 valence electrons. The van der Waals surface area contributed by atoms with Gasteiger partial charge in [-0.2, -0.15) is 0 Å². The Bertz CT molecular complexity index is 368. The molecular weight excluding hydrogens is 204 g/mol. The summed E-state index contributed by atoms with van der Waals surface area (Å²) >= 11 is 0.